The average Bonchev–Trinajstić information content (AvgIpc) is 3.60. The van der Waals surface area contributed by atoms with Crippen molar-refractivity contribution in [3.8, 4) is 23.0 Å². The van der Waals surface area contributed by atoms with Gasteiger partial charge in [0.05, 0.1) is 0 Å². The van der Waals surface area contributed by atoms with Crippen LogP contribution in [0.1, 0.15) is 64.1 Å². The molecule has 0 N–H and O–H groups in total. The lowest BCUT2D eigenvalue weighted by Gasteiger charge is -2.38. The lowest BCUT2D eigenvalue weighted by atomic mass is 9.72. The molecule has 0 spiro atoms. The Bertz CT molecular complexity index is 2080. The SMILES string of the molecule is CC(C)(C)c1ccc(Oc2ccc(-c3nc4cc(C(c5ccc6oc(C(C)(C)C)nc6c5)(C(F)(F)F)C(F)(F)F)ccc4o3)cc2)cc1. The van der Waals surface area contributed by atoms with E-state index in [2.05, 4.69) is 30.7 Å². The van der Waals surface area contributed by atoms with Crippen molar-refractivity contribution in [2.24, 2.45) is 0 Å². The molecule has 2 aromatic heterocycles. The number of fused-ring (bicyclic) bond motifs is 2. The van der Waals surface area contributed by atoms with Crippen molar-refractivity contribution < 1.29 is 39.9 Å². The number of hydrogen-bond acceptors (Lipinski definition) is 5. The molecular formula is C37H32F6N2O3. The highest BCUT2D eigenvalue weighted by atomic mass is 19.4. The molecule has 0 saturated heterocycles. The van der Waals surface area contributed by atoms with E-state index >= 15 is 0 Å². The van der Waals surface area contributed by atoms with Gasteiger partial charge in [0.15, 0.2) is 11.2 Å². The van der Waals surface area contributed by atoms with Crippen molar-refractivity contribution in [2.45, 2.75) is 70.1 Å². The molecular weight excluding hydrogens is 634 g/mol. The summed E-state index contributed by atoms with van der Waals surface area (Å²) < 4.78 is 107. The summed E-state index contributed by atoms with van der Waals surface area (Å²) in [7, 11) is 0. The van der Waals surface area contributed by atoms with Crippen LogP contribution in [0.5, 0.6) is 11.5 Å². The predicted molar refractivity (Wildman–Crippen MR) is 170 cm³/mol. The van der Waals surface area contributed by atoms with Crippen molar-refractivity contribution in [1.29, 1.82) is 0 Å². The number of rotatable bonds is 5. The summed E-state index contributed by atoms with van der Waals surface area (Å²) in [6.45, 7) is 11.6. The van der Waals surface area contributed by atoms with Crippen LogP contribution in [-0.4, -0.2) is 22.3 Å². The molecule has 4 aromatic carbocycles. The van der Waals surface area contributed by atoms with Crippen molar-refractivity contribution >= 4 is 22.2 Å². The van der Waals surface area contributed by atoms with E-state index in [-0.39, 0.29) is 39.4 Å². The van der Waals surface area contributed by atoms with Gasteiger partial charge in [-0.1, -0.05) is 65.8 Å². The van der Waals surface area contributed by atoms with Gasteiger partial charge >= 0.3 is 12.4 Å². The Balaban J connectivity index is 1.37. The van der Waals surface area contributed by atoms with Crippen LogP contribution in [0, 0.1) is 0 Å². The van der Waals surface area contributed by atoms with E-state index in [4.69, 9.17) is 13.6 Å². The lowest BCUT2D eigenvalue weighted by molar-refractivity contribution is -0.288. The Morgan fingerprint density at radius 1 is 0.521 bits per heavy atom. The molecule has 6 rings (SSSR count). The first-order chi connectivity index (χ1) is 22.3. The van der Waals surface area contributed by atoms with E-state index in [9.17, 15) is 26.3 Å². The Kier molecular flexibility index (Phi) is 7.68. The maximum Gasteiger partial charge on any atom is 0.411 e. The predicted octanol–water partition coefficient (Wildman–Crippen LogP) is 11.4. The fourth-order valence-electron chi connectivity index (χ4n) is 5.57. The van der Waals surface area contributed by atoms with E-state index in [1.807, 2.05) is 24.3 Å². The number of alkyl halides is 6. The van der Waals surface area contributed by atoms with Gasteiger partial charge in [-0.15, -0.1) is 0 Å². The minimum atomic E-state index is -5.79. The number of ether oxygens (including phenoxy) is 1. The number of oxazole rings is 2. The highest BCUT2D eigenvalue weighted by molar-refractivity contribution is 5.79. The Hall–Kier alpha value is -4.80. The van der Waals surface area contributed by atoms with Gasteiger partial charge in [-0.25, -0.2) is 9.97 Å². The van der Waals surface area contributed by atoms with E-state index < -0.39 is 34.3 Å². The fourth-order valence-corrected chi connectivity index (χ4v) is 5.57. The molecule has 0 aliphatic carbocycles. The molecule has 0 bridgehead atoms. The summed E-state index contributed by atoms with van der Waals surface area (Å²) in [6, 6.07) is 19.6. The van der Waals surface area contributed by atoms with Gasteiger partial charge in [0.1, 0.15) is 22.5 Å². The minimum absolute atomic E-state index is 0.00989. The molecule has 0 radical (unpaired) electrons. The molecule has 0 fully saturated rings. The highest BCUT2D eigenvalue weighted by Crippen LogP contribution is 2.57. The van der Waals surface area contributed by atoms with Crippen LogP contribution in [0.3, 0.4) is 0 Å². The van der Waals surface area contributed by atoms with Gasteiger partial charge < -0.3 is 13.6 Å². The second kappa shape index (κ2) is 11.1. The van der Waals surface area contributed by atoms with Gasteiger partial charge in [-0.05, 0) is 82.8 Å². The first kappa shape index (κ1) is 33.1. The Morgan fingerprint density at radius 2 is 0.979 bits per heavy atom. The van der Waals surface area contributed by atoms with Crippen LogP contribution < -0.4 is 4.74 Å². The van der Waals surface area contributed by atoms with E-state index in [1.165, 1.54) is 0 Å². The number of hydrogen-bond donors (Lipinski definition) is 0. The monoisotopic (exact) mass is 666 g/mol. The Morgan fingerprint density at radius 3 is 1.46 bits per heavy atom. The summed E-state index contributed by atoms with van der Waals surface area (Å²) in [5, 5.41) is 0. The molecule has 0 atom stereocenters. The largest absolute Gasteiger partial charge is 0.457 e. The van der Waals surface area contributed by atoms with Gasteiger partial charge in [-0.3, -0.25) is 0 Å². The third-order valence-electron chi connectivity index (χ3n) is 8.19. The van der Waals surface area contributed by atoms with E-state index in [0.29, 0.717) is 17.1 Å². The standard InChI is InChI=1S/C37H32F6N2O3/c1-33(2,3)22-9-15-26(16-10-22)46-25-13-7-21(8-14-25)31-44-27-19-23(11-17-29(27)47-31)35(36(38,39)40,37(41,42)43)24-12-18-30-28(20-24)45-32(48-30)34(4,5)6/h7-20H,1-6H3. The molecule has 48 heavy (non-hydrogen) atoms. The topological polar surface area (TPSA) is 61.3 Å². The van der Waals surface area contributed by atoms with E-state index in [1.54, 1.807) is 45.0 Å². The third kappa shape index (κ3) is 5.79. The second-order valence-electron chi connectivity index (χ2n) is 13.8. The molecule has 0 unspecified atom stereocenters. The smallest absolute Gasteiger partial charge is 0.411 e. The molecule has 0 saturated carbocycles. The molecule has 250 valence electrons. The Labute approximate surface area is 272 Å². The van der Waals surface area contributed by atoms with Gasteiger partial charge in [-0.2, -0.15) is 26.3 Å². The molecule has 0 aliphatic heterocycles. The zero-order chi connectivity index (χ0) is 34.9. The molecule has 0 aliphatic rings. The van der Waals surface area contributed by atoms with Crippen molar-refractivity contribution in [3.63, 3.8) is 0 Å². The van der Waals surface area contributed by atoms with Crippen LogP contribution >= 0.6 is 0 Å². The average molecular weight is 667 g/mol. The zero-order valence-corrected chi connectivity index (χ0v) is 27.0. The van der Waals surface area contributed by atoms with Crippen LogP contribution in [0.2, 0.25) is 0 Å². The molecule has 0 amide bonds. The van der Waals surface area contributed by atoms with Gasteiger partial charge in [0.25, 0.3) is 0 Å². The number of nitrogens with zero attached hydrogens (tertiary/aromatic N) is 2. The molecule has 11 heteroatoms. The summed E-state index contributed by atoms with van der Waals surface area (Å²) in [4.78, 5) is 8.48. The third-order valence-corrected chi connectivity index (χ3v) is 8.19. The van der Waals surface area contributed by atoms with Crippen LogP contribution in [0.25, 0.3) is 33.7 Å². The van der Waals surface area contributed by atoms with E-state index in [0.717, 1.165) is 42.0 Å². The summed E-state index contributed by atoms with van der Waals surface area (Å²) in [6.07, 6.45) is -11.6. The van der Waals surface area contributed by atoms with Crippen molar-refractivity contribution in [1.82, 2.24) is 9.97 Å². The summed E-state index contributed by atoms with van der Waals surface area (Å²) >= 11 is 0. The maximum atomic E-state index is 15.0. The van der Waals surface area contributed by atoms with Crippen LogP contribution in [-0.2, 0) is 16.2 Å². The number of halogens is 6. The molecule has 6 aromatic rings. The number of aromatic nitrogens is 2. The zero-order valence-electron chi connectivity index (χ0n) is 27.0. The van der Waals surface area contributed by atoms with Crippen molar-refractivity contribution in [3.05, 3.63) is 108 Å². The number of benzene rings is 4. The maximum absolute atomic E-state index is 15.0. The first-order valence-electron chi connectivity index (χ1n) is 15.1. The molecule has 5 nitrogen and oxygen atoms in total. The lowest BCUT2D eigenvalue weighted by Crippen LogP contribution is -2.54. The van der Waals surface area contributed by atoms with Crippen LogP contribution in [0.15, 0.2) is 93.8 Å². The highest BCUT2D eigenvalue weighted by Gasteiger charge is 2.72. The normalized spacial score (nSPS) is 13.4. The van der Waals surface area contributed by atoms with Crippen molar-refractivity contribution in [2.75, 3.05) is 0 Å². The summed E-state index contributed by atoms with van der Waals surface area (Å²) in [5.41, 5.74) is -5.72. The quantitative estimate of drug-likeness (QED) is 0.171. The van der Waals surface area contributed by atoms with Crippen LogP contribution in [0.4, 0.5) is 26.3 Å². The fraction of sp³-hybridized carbons (Fsp3) is 0.297. The minimum Gasteiger partial charge on any atom is -0.457 e. The second-order valence-corrected chi connectivity index (χ2v) is 13.8. The van der Waals surface area contributed by atoms with Gasteiger partial charge in [0.2, 0.25) is 17.2 Å². The molecule has 2 heterocycles. The van der Waals surface area contributed by atoms with Gasteiger partial charge in [0, 0.05) is 11.0 Å². The summed E-state index contributed by atoms with van der Waals surface area (Å²) in [5.74, 6) is 1.34. The first-order valence-corrected chi connectivity index (χ1v) is 15.1.